The molecule has 11 heteroatoms. The molecule has 3 aliphatic rings. The summed E-state index contributed by atoms with van der Waals surface area (Å²) in [5.41, 5.74) is 0.125. The average Bonchev–Trinajstić information content (AvgIpc) is 3.36. The summed E-state index contributed by atoms with van der Waals surface area (Å²) in [7, 11) is 0. The minimum absolute atomic E-state index is 0.00481. The quantitative estimate of drug-likeness (QED) is 0.440. The van der Waals surface area contributed by atoms with Crippen LogP contribution in [0.2, 0.25) is 5.02 Å². The second-order valence-electron chi connectivity index (χ2n) is 10.8. The SMILES string of the molecule is O=C(N[C@H]1CCN(C2CCC2)C[C@@H]1C(=O)NC1(c2cccc(Cl)c2)COC1)c1cc(-c2ccc(F)cc2F)on1. The molecule has 6 rings (SSSR count). The van der Waals surface area contributed by atoms with Gasteiger partial charge in [0, 0.05) is 42.3 Å². The third kappa shape index (κ3) is 5.23. The standard InChI is InChI=1S/C29H29ClF2N4O4/c30-18-4-1-3-17(11-18)29(15-39-16-29)34-27(37)22-14-36(20-5-2-6-20)10-9-24(22)33-28(38)25-13-26(40-35-25)21-8-7-19(31)12-23(21)32/h1,3-4,7-8,11-13,20,22,24H,2,5-6,9-10,14-16H2,(H,33,38)(H,34,37)/t22-,24-/m0/s1. The fourth-order valence-electron chi connectivity index (χ4n) is 5.67. The highest BCUT2D eigenvalue weighted by Gasteiger charge is 2.46. The van der Waals surface area contributed by atoms with Gasteiger partial charge in [-0.3, -0.25) is 14.5 Å². The Kier molecular flexibility index (Phi) is 7.33. The van der Waals surface area contributed by atoms with Crippen LogP contribution >= 0.6 is 11.6 Å². The van der Waals surface area contributed by atoms with Crippen molar-refractivity contribution in [1.82, 2.24) is 20.7 Å². The lowest BCUT2D eigenvalue weighted by Gasteiger charge is -2.47. The van der Waals surface area contributed by atoms with Crippen LogP contribution in [0.5, 0.6) is 0 Å². The first-order valence-corrected chi connectivity index (χ1v) is 13.8. The van der Waals surface area contributed by atoms with Crippen LogP contribution in [0.1, 0.15) is 41.7 Å². The smallest absolute Gasteiger partial charge is 0.273 e. The second kappa shape index (κ2) is 10.9. The Bertz CT molecular complexity index is 1420. The topological polar surface area (TPSA) is 96.7 Å². The Labute approximate surface area is 235 Å². The van der Waals surface area contributed by atoms with E-state index in [9.17, 15) is 18.4 Å². The summed E-state index contributed by atoms with van der Waals surface area (Å²) in [5, 5.41) is 10.5. The van der Waals surface area contributed by atoms with Gasteiger partial charge in [-0.15, -0.1) is 0 Å². The number of benzene rings is 2. The molecule has 0 unspecified atom stereocenters. The maximum atomic E-state index is 14.2. The molecule has 0 bridgehead atoms. The monoisotopic (exact) mass is 570 g/mol. The van der Waals surface area contributed by atoms with Gasteiger partial charge >= 0.3 is 0 Å². The maximum absolute atomic E-state index is 14.2. The number of likely N-dealkylation sites (tertiary alicyclic amines) is 1. The van der Waals surface area contributed by atoms with Crippen molar-refractivity contribution in [2.45, 2.75) is 43.3 Å². The first-order chi connectivity index (χ1) is 19.3. The van der Waals surface area contributed by atoms with Crippen molar-refractivity contribution in [1.29, 1.82) is 0 Å². The summed E-state index contributed by atoms with van der Waals surface area (Å²) in [5.74, 6) is -2.76. The van der Waals surface area contributed by atoms with Crippen molar-refractivity contribution in [2.24, 2.45) is 5.92 Å². The van der Waals surface area contributed by atoms with Gasteiger partial charge in [-0.25, -0.2) is 8.78 Å². The highest BCUT2D eigenvalue weighted by atomic mass is 35.5. The van der Waals surface area contributed by atoms with Gasteiger partial charge in [-0.2, -0.15) is 0 Å². The zero-order valence-electron chi connectivity index (χ0n) is 21.7. The number of nitrogens with one attached hydrogen (secondary N) is 2. The Hall–Kier alpha value is -3.34. The molecule has 2 aliphatic heterocycles. The molecule has 1 aromatic heterocycles. The molecule has 2 saturated heterocycles. The number of nitrogens with zero attached hydrogens (tertiary/aromatic N) is 2. The Morgan fingerprint density at radius 3 is 2.58 bits per heavy atom. The van der Waals surface area contributed by atoms with Crippen LogP contribution in [-0.2, 0) is 15.1 Å². The number of halogens is 3. The van der Waals surface area contributed by atoms with Gasteiger partial charge < -0.3 is 19.9 Å². The molecule has 3 heterocycles. The number of carbonyl (C=O) groups is 2. The van der Waals surface area contributed by atoms with E-state index in [1.165, 1.54) is 18.6 Å². The van der Waals surface area contributed by atoms with Gasteiger partial charge in [0.25, 0.3) is 5.91 Å². The van der Waals surface area contributed by atoms with Crippen LogP contribution in [0.15, 0.2) is 53.1 Å². The van der Waals surface area contributed by atoms with Crippen molar-refractivity contribution < 1.29 is 27.6 Å². The summed E-state index contributed by atoms with van der Waals surface area (Å²) < 4.78 is 38.2. The lowest BCUT2D eigenvalue weighted by atomic mass is 9.83. The van der Waals surface area contributed by atoms with E-state index in [4.69, 9.17) is 20.9 Å². The highest BCUT2D eigenvalue weighted by molar-refractivity contribution is 6.30. The van der Waals surface area contributed by atoms with Crippen LogP contribution in [0.3, 0.4) is 0 Å². The lowest BCUT2D eigenvalue weighted by molar-refractivity contribution is -0.140. The number of amides is 2. The predicted molar refractivity (Wildman–Crippen MR) is 143 cm³/mol. The molecule has 8 nitrogen and oxygen atoms in total. The van der Waals surface area contributed by atoms with Crippen molar-refractivity contribution in [3.8, 4) is 11.3 Å². The Morgan fingerprint density at radius 2 is 1.90 bits per heavy atom. The summed E-state index contributed by atoms with van der Waals surface area (Å²) in [6.07, 6.45) is 3.97. The first-order valence-electron chi connectivity index (χ1n) is 13.4. The van der Waals surface area contributed by atoms with Crippen molar-refractivity contribution in [2.75, 3.05) is 26.3 Å². The molecule has 0 spiro atoms. The van der Waals surface area contributed by atoms with Crippen LogP contribution in [0.4, 0.5) is 8.78 Å². The Balaban J connectivity index is 1.20. The van der Waals surface area contributed by atoms with Gasteiger partial charge in [-0.05, 0) is 49.1 Å². The lowest BCUT2D eigenvalue weighted by Crippen LogP contribution is -2.64. The van der Waals surface area contributed by atoms with Crippen molar-refractivity contribution in [3.63, 3.8) is 0 Å². The highest BCUT2D eigenvalue weighted by Crippen LogP contribution is 2.34. The second-order valence-corrected chi connectivity index (χ2v) is 11.3. The number of carbonyl (C=O) groups excluding carboxylic acids is 2. The molecule has 2 N–H and O–H groups in total. The molecule has 210 valence electrons. The fourth-order valence-corrected chi connectivity index (χ4v) is 5.86. The molecule has 3 aromatic rings. The molecule has 3 fully saturated rings. The van der Waals surface area contributed by atoms with E-state index in [-0.39, 0.29) is 22.9 Å². The van der Waals surface area contributed by atoms with E-state index in [1.54, 1.807) is 6.07 Å². The van der Waals surface area contributed by atoms with Crippen LogP contribution in [-0.4, -0.2) is 60.3 Å². The number of ether oxygens (including phenoxy) is 1. The normalized spacial score (nSPS) is 22.7. The molecular formula is C29H29ClF2N4O4. The van der Waals surface area contributed by atoms with Gasteiger partial charge in [0.15, 0.2) is 11.5 Å². The molecule has 2 aromatic carbocycles. The summed E-state index contributed by atoms with van der Waals surface area (Å²) in [6, 6.07) is 11.7. The molecule has 2 atom stereocenters. The molecule has 0 radical (unpaired) electrons. The van der Waals surface area contributed by atoms with E-state index < -0.39 is 35.0 Å². The number of piperidine rings is 1. The Morgan fingerprint density at radius 1 is 1.07 bits per heavy atom. The molecule has 1 saturated carbocycles. The summed E-state index contributed by atoms with van der Waals surface area (Å²) in [6.45, 7) is 1.93. The molecule has 1 aliphatic carbocycles. The number of hydrogen-bond acceptors (Lipinski definition) is 6. The van der Waals surface area contributed by atoms with Gasteiger partial charge in [-0.1, -0.05) is 35.3 Å². The third-order valence-corrected chi connectivity index (χ3v) is 8.50. The predicted octanol–water partition coefficient (Wildman–Crippen LogP) is 4.29. The van der Waals surface area contributed by atoms with Crippen LogP contribution in [0.25, 0.3) is 11.3 Å². The zero-order valence-corrected chi connectivity index (χ0v) is 22.4. The fraction of sp³-hybridized carbons (Fsp3) is 0.414. The van der Waals surface area contributed by atoms with E-state index >= 15 is 0 Å². The van der Waals surface area contributed by atoms with Crippen molar-refractivity contribution >= 4 is 23.4 Å². The van der Waals surface area contributed by atoms with E-state index in [2.05, 4.69) is 20.7 Å². The largest absolute Gasteiger partial charge is 0.376 e. The summed E-state index contributed by atoms with van der Waals surface area (Å²) >= 11 is 6.23. The van der Waals surface area contributed by atoms with Crippen LogP contribution < -0.4 is 10.6 Å². The van der Waals surface area contributed by atoms with Gasteiger partial charge in [0.1, 0.15) is 17.2 Å². The maximum Gasteiger partial charge on any atom is 0.273 e. The number of rotatable bonds is 7. The van der Waals surface area contributed by atoms with E-state index in [1.807, 2.05) is 18.2 Å². The number of aromatic nitrogens is 1. The average molecular weight is 571 g/mol. The minimum Gasteiger partial charge on any atom is -0.376 e. The first kappa shape index (κ1) is 26.9. The van der Waals surface area contributed by atoms with E-state index in [0.717, 1.165) is 37.1 Å². The third-order valence-electron chi connectivity index (χ3n) is 8.26. The minimum atomic E-state index is -0.822. The number of hydrogen-bond donors (Lipinski definition) is 2. The van der Waals surface area contributed by atoms with Gasteiger partial charge in [0.05, 0.1) is 24.7 Å². The van der Waals surface area contributed by atoms with Gasteiger partial charge in [0.2, 0.25) is 5.91 Å². The zero-order chi connectivity index (χ0) is 27.9. The van der Waals surface area contributed by atoms with Crippen molar-refractivity contribution in [3.05, 3.63) is 76.4 Å². The van der Waals surface area contributed by atoms with E-state index in [0.29, 0.717) is 37.2 Å². The molecular weight excluding hydrogens is 542 g/mol. The van der Waals surface area contributed by atoms with Crippen LogP contribution in [0, 0.1) is 17.6 Å². The molecule has 2 amide bonds. The summed E-state index contributed by atoms with van der Waals surface area (Å²) in [4.78, 5) is 29.4. The molecule has 40 heavy (non-hydrogen) atoms.